The molecule has 0 aliphatic carbocycles. The first-order chi connectivity index (χ1) is 59.2. The third-order valence-corrected chi connectivity index (χ3v) is 23.6. The number of carbonyl (C=O) groups is 8. The smallest absolute Gasteiger partial charge is 0.248 e. The highest BCUT2D eigenvalue weighted by atomic mass is 35.5. The Kier molecular flexibility index (Phi) is 29.4. The number of hydrogen-bond donors (Lipinski definition) is 20. The summed E-state index contributed by atoms with van der Waals surface area (Å²) >= 11 is 7.23. The number of halogens is 1. The molecule has 3 saturated heterocycles. The van der Waals surface area contributed by atoms with E-state index in [1.165, 1.54) is 90.3 Å². The molecule has 0 saturated carbocycles. The topological polar surface area (TPSA) is 570 Å². The van der Waals surface area contributed by atoms with Crippen LogP contribution in [-0.4, -0.2) is 229 Å². The number of carbonyl (C=O) groups excluding carboxylic acids is 8. The summed E-state index contributed by atoms with van der Waals surface area (Å²) in [5.74, 6) is -14.5. The molecule has 23 N–H and O–H groups in total. The highest BCUT2D eigenvalue weighted by Gasteiger charge is 2.53. The number of phenols is 3. The van der Waals surface area contributed by atoms with Crippen molar-refractivity contribution in [3.63, 3.8) is 0 Å². The number of aliphatic hydroxyl groups is 6. The lowest BCUT2D eigenvalue weighted by Gasteiger charge is -2.47. The summed E-state index contributed by atoms with van der Waals surface area (Å²) in [6.45, 7) is 10.8. The monoisotopic (exact) mass is 1760 g/mol. The molecule has 676 valence electrons. The molecule has 6 aromatic rings. The van der Waals surface area contributed by atoms with E-state index in [4.69, 9.17) is 66.7 Å². The molecule has 9 bridgehead atoms. The van der Waals surface area contributed by atoms with E-state index in [0.29, 0.717) is 0 Å². The Morgan fingerprint density at radius 3 is 1.90 bits per heavy atom. The molecule has 0 spiro atoms. The number of aromatic hydroxyl groups is 3. The van der Waals surface area contributed by atoms with Gasteiger partial charge in [-0.15, -0.1) is 0 Å². The fourth-order valence-corrected chi connectivity index (χ4v) is 16.8. The fraction of sp³-hybridized carbons (Fsp3) is 0.494. The zero-order valence-corrected chi connectivity index (χ0v) is 71.4. The van der Waals surface area contributed by atoms with E-state index in [9.17, 15) is 55.5 Å². The van der Waals surface area contributed by atoms with Gasteiger partial charge in [0.05, 0.1) is 54.1 Å². The van der Waals surface area contributed by atoms with Crippen molar-refractivity contribution in [2.75, 3.05) is 27.7 Å². The summed E-state index contributed by atoms with van der Waals surface area (Å²) in [4.78, 5) is 126. The highest BCUT2D eigenvalue weighted by Crippen LogP contribution is 2.52. The van der Waals surface area contributed by atoms with Crippen LogP contribution in [0.2, 0.25) is 5.02 Å². The molecule has 37 nitrogen and oxygen atoms in total. The fourth-order valence-electron chi connectivity index (χ4n) is 16.5. The van der Waals surface area contributed by atoms with E-state index in [-0.39, 0.29) is 71.5 Å². The Balaban J connectivity index is 1.13. The number of primary amides is 1. The van der Waals surface area contributed by atoms with Gasteiger partial charge in [0.2, 0.25) is 59.3 Å². The first-order valence-electron chi connectivity index (χ1n) is 41.3. The lowest BCUT2D eigenvalue weighted by Crippen LogP contribution is -2.64. The van der Waals surface area contributed by atoms with Crippen molar-refractivity contribution in [1.29, 1.82) is 0 Å². The number of likely N-dealkylation sites (N-methyl/N-ethyl adjacent to an activating group) is 2. The van der Waals surface area contributed by atoms with Crippen LogP contribution < -0.4 is 73.9 Å². The van der Waals surface area contributed by atoms with Crippen LogP contribution in [0.1, 0.15) is 162 Å². The maximum absolute atomic E-state index is 16.9. The molecule has 22 atom stereocenters. The number of phenolic OH excluding ortho intramolecular Hbond substituents is 3. The summed E-state index contributed by atoms with van der Waals surface area (Å²) in [7, 11) is 4.41. The number of amides is 8. The lowest BCUT2D eigenvalue weighted by atomic mass is 9.85. The van der Waals surface area contributed by atoms with Crippen LogP contribution >= 0.6 is 11.6 Å². The van der Waals surface area contributed by atoms with Gasteiger partial charge >= 0.3 is 0 Å². The summed E-state index contributed by atoms with van der Waals surface area (Å²) in [5, 5.41) is 129. The van der Waals surface area contributed by atoms with Crippen molar-refractivity contribution >= 4 is 58.9 Å². The molecule has 8 heterocycles. The second-order valence-electron chi connectivity index (χ2n) is 33.7. The second kappa shape index (κ2) is 39.2. The quantitative estimate of drug-likeness (QED) is 0.0464. The van der Waals surface area contributed by atoms with Gasteiger partial charge in [-0.2, -0.15) is 0 Å². The van der Waals surface area contributed by atoms with Gasteiger partial charge < -0.3 is 144 Å². The first-order valence-corrected chi connectivity index (χ1v) is 41.7. The lowest BCUT2D eigenvalue weighted by molar-refractivity contribution is -0.333. The number of fused-ring (bicyclic) bond motifs is 14. The summed E-state index contributed by atoms with van der Waals surface area (Å²) in [5.41, 5.74) is 15.7. The zero-order chi connectivity index (χ0) is 90.7. The molecule has 0 aromatic heterocycles. The molecule has 8 amide bonds. The van der Waals surface area contributed by atoms with Crippen molar-refractivity contribution in [2.45, 2.75) is 240 Å². The van der Waals surface area contributed by atoms with Gasteiger partial charge in [-0.1, -0.05) is 93.4 Å². The van der Waals surface area contributed by atoms with Gasteiger partial charge in [0.1, 0.15) is 95.5 Å². The number of rotatable bonds is 22. The molecule has 10 unspecified atom stereocenters. The number of nitrogens with two attached hydrogens (primary N) is 3. The van der Waals surface area contributed by atoms with E-state index >= 15 is 28.8 Å². The Morgan fingerprint density at radius 2 is 1.30 bits per heavy atom. The molecule has 38 heteroatoms. The number of aliphatic hydroxyl groups excluding tert-OH is 6. The second-order valence-corrected chi connectivity index (χ2v) is 34.1. The number of hydrogen-bond acceptors (Lipinski definition) is 29. The van der Waals surface area contributed by atoms with Gasteiger partial charge in [-0.25, -0.2) is 0 Å². The van der Waals surface area contributed by atoms with Crippen molar-refractivity contribution in [3.8, 4) is 57.1 Å². The van der Waals surface area contributed by atoms with Gasteiger partial charge in [-0.3, -0.25) is 43.3 Å². The minimum atomic E-state index is -2.40. The van der Waals surface area contributed by atoms with Gasteiger partial charge in [-0.05, 0) is 154 Å². The third kappa shape index (κ3) is 20.8. The van der Waals surface area contributed by atoms with Crippen LogP contribution in [-0.2, 0) is 81.6 Å². The minimum absolute atomic E-state index is 0.000561. The normalized spacial score (nSPS) is 29.8. The van der Waals surface area contributed by atoms with Gasteiger partial charge in [0.15, 0.2) is 30.2 Å². The highest BCUT2D eigenvalue weighted by molar-refractivity contribution is 6.32. The molecule has 3 fully saturated rings. The van der Waals surface area contributed by atoms with E-state index < -0.39 is 256 Å². The van der Waals surface area contributed by atoms with E-state index in [2.05, 4.69) is 49.5 Å². The predicted molar refractivity (Wildman–Crippen MR) is 447 cm³/mol. The van der Waals surface area contributed by atoms with Crippen molar-refractivity contribution < 1.29 is 122 Å². The van der Waals surface area contributed by atoms with E-state index in [1.54, 1.807) is 11.9 Å². The third-order valence-electron chi connectivity index (χ3n) is 23.3. The van der Waals surface area contributed by atoms with Crippen molar-refractivity contribution in [2.24, 2.45) is 23.1 Å². The van der Waals surface area contributed by atoms with Crippen LogP contribution in [0.15, 0.2) is 103 Å². The van der Waals surface area contributed by atoms with Crippen molar-refractivity contribution in [3.05, 3.63) is 153 Å². The van der Waals surface area contributed by atoms with Crippen LogP contribution in [0, 0.1) is 5.92 Å². The SMILES string of the molecule is CCCCc1ccc(CN(C)Cc2c(O)cc3c(c2O)-c2c(O)cccc2C2NC(=O)C4NC(=O)C(CC(N)=O)NC(=O)C(NC(=O)C(CC(C)C)NC)C(O)c5ccc(c(Cl)c5)Oc5cc4cc(c5O[C@@H]4O[C@H](CO)[C@@H](O)[C@H](O)[C@H]4O[C@H]4C[C@](C)(N)[C@H](O)[C@H](C)O4)Oc4ccc(cc4)C(O[C@@H]4CC(C)(N)[C@H](O)[C@@H](C)O4)C(NC2=O)C(=O)NC3C(=O)NC)cc1. The molecular weight excluding hydrogens is 1650 g/mol. The maximum atomic E-state index is 16.9. The van der Waals surface area contributed by atoms with Crippen LogP contribution in [0.5, 0.6) is 46.0 Å². The number of unbranched alkanes of at least 4 members (excludes halogenated alkanes) is 1. The predicted octanol–water partition coefficient (Wildman–Crippen LogP) is 2.33. The molecule has 8 aliphatic rings. The Hall–Kier alpha value is -10.4. The summed E-state index contributed by atoms with van der Waals surface area (Å²) in [6, 6.07) is 9.59. The number of nitrogens with one attached hydrogen (secondary N) is 8. The minimum Gasteiger partial charge on any atom is -0.507 e. The molecule has 6 aromatic carbocycles. The maximum Gasteiger partial charge on any atom is 0.248 e. The Morgan fingerprint density at radius 1 is 0.672 bits per heavy atom. The average molecular weight is 1760 g/mol. The molecule has 8 aliphatic heterocycles. The van der Waals surface area contributed by atoms with Gasteiger partial charge in [0.25, 0.3) is 0 Å². The number of aryl methyl sites for hydroxylation is 1. The largest absolute Gasteiger partial charge is 0.507 e. The zero-order valence-electron chi connectivity index (χ0n) is 70.6. The van der Waals surface area contributed by atoms with Gasteiger partial charge in [0, 0.05) is 55.2 Å². The molecular formula is C87H111ClN12O25. The number of benzene rings is 6. The van der Waals surface area contributed by atoms with Crippen LogP contribution in [0.4, 0.5) is 0 Å². The number of ether oxygens (including phenoxy) is 8. The van der Waals surface area contributed by atoms with Crippen LogP contribution in [0.25, 0.3) is 11.1 Å². The Bertz CT molecular complexity index is 4970. The number of nitrogens with zero attached hydrogens (tertiary/aromatic N) is 1. The van der Waals surface area contributed by atoms with E-state index in [1.807, 2.05) is 38.1 Å². The standard InChI is InChI=1S/C87H111ClN12O25/c1-11-12-14-41-17-19-42(20-18-41)35-100(10)36-49-54(103)31-48-63(70(49)106)62-47(15-13-16-53(62)102)65-82(115)99-68(84(117)97-66(48)80(113)93-9)73(123-60-33-86(6,90)76(109)39(4)118-60)43-21-24-46(25-22-43)120-56-29-45-30-57(74(56)125-85-75(72(108)71(107)58(37-101)122-85)124-61-34-87(7,91)77(110)40(5)119-61)121-55-26-23-44(28-50(55)88)69(105)67(98-78(111)51(92-8)27-38(2)3)83(116)94-52(32-59(89)104)79(112)95-64(45)81(114)96-65/h13,15-26,28-31,38-40,51-52,58,60-61,64-69,71-73,75-77,85,92,101-103,105-110H,11-12,14,27,32-37,90-91H2,1-10H3,(H2,89,104)(H,93,113)(H,94,116)(H,95,112)(H,96,114)(H,97,117)(H,98,111)(H,99,115)/t39-,40+,51?,52?,58-,60-,61+,64?,65?,66?,67?,68?,69?,71-,72+,73?,75-,76-,77-,85+,86?,87+/m1/s1. The van der Waals surface area contributed by atoms with Crippen LogP contribution in [0.3, 0.4) is 0 Å². The average Bonchev–Trinajstić information content (AvgIpc) is 1.71. The molecule has 0 radical (unpaired) electrons. The van der Waals surface area contributed by atoms with E-state index in [0.717, 1.165) is 60.7 Å². The summed E-state index contributed by atoms with van der Waals surface area (Å²) in [6.07, 6.45) is -19.6. The summed E-state index contributed by atoms with van der Waals surface area (Å²) < 4.78 is 52.5. The Labute approximate surface area is 725 Å². The molecule has 125 heavy (non-hydrogen) atoms. The molecule has 14 rings (SSSR count). The van der Waals surface area contributed by atoms with Crippen molar-refractivity contribution in [1.82, 2.24) is 47.4 Å². The first kappa shape index (κ1) is 93.7.